The number of hydrogen-bond acceptors (Lipinski definition) is 3. The van der Waals surface area contributed by atoms with Crippen molar-refractivity contribution in [3.05, 3.63) is 29.6 Å². The van der Waals surface area contributed by atoms with E-state index in [2.05, 4.69) is 36.0 Å². The minimum absolute atomic E-state index is 0.156. The summed E-state index contributed by atoms with van der Waals surface area (Å²) in [5.41, 5.74) is 1.06. The van der Waals surface area contributed by atoms with Crippen LogP contribution < -0.4 is 5.32 Å². The number of carbonyl (C=O) groups is 1. The molecule has 1 heterocycles. The molecular weight excluding hydrogens is 240 g/mol. The van der Waals surface area contributed by atoms with Gasteiger partial charge in [0.05, 0.1) is 0 Å². The number of hydrogen-bond donors (Lipinski definition) is 2. The molecule has 19 heavy (non-hydrogen) atoms. The Balaban J connectivity index is 2.72. The molecular formula is C15H20N2O2. The third-order valence-corrected chi connectivity index (χ3v) is 2.87. The van der Waals surface area contributed by atoms with Crippen LogP contribution in [0.4, 0.5) is 0 Å². The Morgan fingerprint density at radius 1 is 1.47 bits per heavy atom. The van der Waals surface area contributed by atoms with E-state index in [0.717, 1.165) is 6.42 Å². The van der Waals surface area contributed by atoms with Crippen LogP contribution in [0.25, 0.3) is 0 Å². The molecule has 0 radical (unpaired) electrons. The van der Waals surface area contributed by atoms with Gasteiger partial charge in [-0.05, 0) is 24.5 Å². The van der Waals surface area contributed by atoms with Gasteiger partial charge >= 0.3 is 0 Å². The maximum Gasteiger partial charge on any atom is 0.270 e. The SMILES string of the molecule is CCC(NC(=O)c1ccc(C#CCO)cn1)C(C)C. The van der Waals surface area contributed by atoms with Gasteiger partial charge in [-0.1, -0.05) is 32.6 Å². The summed E-state index contributed by atoms with van der Waals surface area (Å²) in [6, 6.07) is 3.52. The maximum atomic E-state index is 12.0. The zero-order valence-electron chi connectivity index (χ0n) is 11.6. The van der Waals surface area contributed by atoms with Crippen LogP contribution >= 0.6 is 0 Å². The number of nitrogens with one attached hydrogen (secondary N) is 1. The van der Waals surface area contributed by atoms with Crippen molar-refractivity contribution >= 4 is 5.91 Å². The highest BCUT2D eigenvalue weighted by Gasteiger charge is 2.15. The van der Waals surface area contributed by atoms with Crippen molar-refractivity contribution in [1.29, 1.82) is 0 Å². The molecule has 1 aromatic heterocycles. The van der Waals surface area contributed by atoms with E-state index in [1.807, 2.05) is 6.92 Å². The summed E-state index contributed by atoms with van der Waals surface area (Å²) < 4.78 is 0. The first-order valence-corrected chi connectivity index (χ1v) is 6.45. The van der Waals surface area contributed by atoms with Gasteiger partial charge in [0.25, 0.3) is 5.91 Å². The van der Waals surface area contributed by atoms with Crippen LogP contribution in [0.5, 0.6) is 0 Å². The highest BCUT2D eigenvalue weighted by molar-refractivity contribution is 5.92. The zero-order valence-corrected chi connectivity index (χ0v) is 11.6. The Kier molecular flexibility index (Phi) is 6.04. The van der Waals surface area contributed by atoms with Crippen molar-refractivity contribution in [1.82, 2.24) is 10.3 Å². The lowest BCUT2D eigenvalue weighted by molar-refractivity contribution is 0.0919. The molecule has 1 amide bonds. The highest BCUT2D eigenvalue weighted by Crippen LogP contribution is 2.07. The zero-order chi connectivity index (χ0) is 14.3. The van der Waals surface area contributed by atoms with Crippen molar-refractivity contribution in [2.75, 3.05) is 6.61 Å². The number of aliphatic hydroxyl groups is 1. The Hall–Kier alpha value is -1.86. The standard InChI is InChI=1S/C15H20N2O2/c1-4-13(11(2)3)17-15(19)14-8-7-12(10-16-14)6-5-9-18/h7-8,10-11,13,18H,4,9H2,1-3H3,(H,17,19). The Morgan fingerprint density at radius 3 is 2.68 bits per heavy atom. The predicted molar refractivity (Wildman–Crippen MR) is 74.6 cm³/mol. The van der Waals surface area contributed by atoms with Crippen molar-refractivity contribution in [2.45, 2.75) is 33.2 Å². The summed E-state index contributed by atoms with van der Waals surface area (Å²) in [4.78, 5) is 16.1. The van der Waals surface area contributed by atoms with Gasteiger partial charge in [0, 0.05) is 17.8 Å². The van der Waals surface area contributed by atoms with Gasteiger partial charge in [-0.15, -0.1) is 0 Å². The van der Waals surface area contributed by atoms with Gasteiger partial charge in [-0.2, -0.15) is 0 Å². The lowest BCUT2D eigenvalue weighted by atomic mass is 10.0. The first-order valence-electron chi connectivity index (χ1n) is 6.45. The predicted octanol–water partition coefficient (Wildman–Crippen LogP) is 1.59. The van der Waals surface area contributed by atoms with E-state index in [1.165, 1.54) is 6.20 Å². The van der Waals surface area contributed by atoms with Gasteiger partial charge in [0.15, 0.2) is 0 Å². The summed E-state index contributed by atoms with van der Waals surface area (Å²) in [7, 11) is 0. The van der Waals surface area contributed by atoms with E-state index in [1.54, 1.807) is 12.1 Å². The second kappa shape index (κ2) is 7.55. The number of pyridine rings is 1. The number of aliphatic hydroxyl groups excluding tert-OH is 1. The van der Waals surface area contributed by atoms with Crippen LogP contribution in [-0.4, -0.2) is 28.6 Å². The topological polar surface area (TPSA) is 62.2 Å². The van der Waals surface area contributed by atoms with E-state index in [-0.39, 0.29) is 18.6 Å². The first kappa shape index (κ1) is 15.2. The van der Waals surface area contributed by atoms with Crippen molar-refractivity contribution < 1.29 is 9.90 Å². The molecule has 1 atom stereocenters. The number of nitrogens with zero attached hydrogens (tertiary/aromatic N) is 1. The van der Waals surface area contributed by atoms with E-state index < -0.39 is 0 Å². The molecule has 0 aliphatic carbocycles. The van der Waals surface area contributed by atoms with E-state index in [0.29, 0.717) is 17.2 Å². The van der Waals surface area contributed by atoms with Gasteiger partial charge in [-0.3, -0.25) is 4.79 Å². The lowest BCUT2D eigenvalue weighted by Gasteiger charge is -2.20. The molecule has 1 unspecified atom stereocenters. The first-order chi connectivity index (χ1) is 9.08. The Labute approximate surface area is 114 Å². The summed E-state index contributed by atoms with van der Waals surface area (Å²) in [6.07, 6.45) is 2.43. The van der Waals surface area contributed by atoms with Crippen LogP contribution in [0.1, 0.15) is 43.2 Å². The molecule has 0 saturated heterocycles. The molecule has 0 spiro atoms. The smallest absolute Gasteiger partial charge is 0.270 e. The molecule has 1 rings (SSSR count). The minimum Gasteiger partial charge on any atom is -0.384 e. The minimum atomic E-state index is -0.186. The second-order valence-corrected chi connectivity index (χ2v) is 4.62. The average molecular weight is 260 g/mol. The van der Waals surface area contributed by atoms with Crippen molar-refractivity contribution in [3.63, 3.8) is 0 Å². The fraction of sp³-hybridized carbons (Fsp3) is 0.467. The molecule has 1 aromatic rings. The van der Waals surface area contributed by atoms with Crippen LogP contribution in [0.2, 0.25) is 0 Å². The maximum absolute atomic E-state index is 12.0. The van der Waals surface area contributed by atoms with Crippen LogP contribution in [0.15, 0.2) is 18.3 Å². The van der Waals surface area contributed by atoms with Gasteiger partial charge in [-0.25, -0.2) is 4.98 Å². The number of carbonyl (C=O) groups excluding carboxylic acids is 1. The Bertz CT molecular complexity index is 469. The molecule has 0 aliphatic rings. The van der Waals surface area contributed by atoms with Gasteiger partial charge < -0.3 is 10.4 Å². The van der Waals surface area contributed by atoms with Crippen LogP contribution in [0.3, 0.4) is 0 Å². The number of aromatic nitrogens is 1. The van der Waals surface area contributed by atoms with Gasteiger partial charge in [0.2, 0.25) is 0 Å². The average Bonchev–Trinajstić information content (AvgIpc) is 2.42. The van der Waals surface area contributed by atoms with Crippen LogP contribution in [0, 0.1) is 17.8 Å². The molecule has 0 fully saturated rings. The highest BCUT2D eigenvalue weighted by atomic mass is 16.2. The van der Waals surface area contributed by atoms with Gasteiger partial charge in [0.1, 0.15) is 12.3 Å². The molecule has 102 valence electrons. The second-order valence-electron chi connectivity index (χ2n) is 4.62. The molecule has 4 heteroatoms. The fourth-order valence-corrected chi connectivity index (χ4v) is 1.73. The summed E-state index contributed by atoms with van der Waals surface area (Å²) in [5, 5.41) is 11.6. The molecule has 0 bridgehead atoms. The lowest BCUT2D eigenvalue weighted by Crippen LogP contribution is -2.38. The molecule has 0 saturated carbocycles. The van der Waals surface area contributed by atoms with Crippen molar-refractivity contribution in [2.24, 2.45) is 5.92 Å². The van der Waals surface area contributed by atoms with Crippen LogP contribution in [-0.2, 0) is 0 Å². The monoisotopic (exact) mass is 260 g/mol. The van der Waals surface area contributed by atoms with E-state index in [4.69, 9.17) is 5.11 Å². The third kappa shape index (κ3) is 4.72. The van der Waals surface area contributed by atoms with Crippen molar-refractivity contribution in [3.8, 4) is 11.8 Å². The largest absolute Gasteiger partial charge is 0.384 e. The summed E-state index contributed by atoms with van der Waals surface area (Å²) >= 11 is 0. The summed E-state index contributed by atoms with van der Waals surface area (Å²) in [5.74, 6) is 5.50. The normalized spacial score (nSPS) is 11.6. The number of amides is 1. The quantitative estimate of drug-likeness (QED) is 0.808. The molecule has 0 aromatic carbocycles. The van der Waals surface area contributed by atoms with E-state index >= 15 is 0 Å². The molecule has 0 aliphatic heterocycles. The Morgan fingerprint density at radius 2 is 2.21 bits per heavy atom. The van der Waals surface area contributed by atoms with E-state index in [9.17, 15) is 4.79 Å². The fourth-order valence-electron chi connectivity index (χ4n) is 1.73. The molecule has 2 N–H and O–H groups in total. The number of rotatable bonds is 4. The molecule has 4 nitrogen and oxygen atoms in total. The third-order valence-electron chi connectivity index (χ3n) is 2.87. The summed E-state index contributed by atoms with van der Waals surface area (Å²) in [6.45, 7) is 6.02.